The molecule has 5 nitrogen and oxygen atoms in total. The van der Waals surface area contributed by atoms with E-state index in [0.717, 1.165) is 17.9 Å². The van der Waals surface area contributed by atoms with Gasteiger partial charge < -0.3 is 10.3 Å². The maximum absolute atomic E-state index is 5.77. The van der Waals surface area contributed by atoms with Gasteiger partial charge in [0, 0.05) is 24.0 Å². The number of nitrogen functional groups attached to an aromatic ring is 1. The second kappa shape index (κ2) is 3.42. The van der Waals surface area contributed by atoms with Crippen molar-refractivity contribution in [2.24, 2.45) is 7.05 Å². The van der Waals surface area contributed by atoms with Gasteiger partial charge in [-0.05, 0) is 13.8 Å². The van der Waals surface area contributed by atoms with Crippen LogP contribution in [-0.2, 0) is 13.6 Å². The summed E-state index contributed by atoms with van der Waals surface area (Å²) < 4.78 is 3.84. The Labute approximate surface area is 88.5 Å². The monoisotopic (exact) mass is 205 g/mol. The topological polar surface area (TPSA) is 61.7 Å². The number of rotatable bonds is 2. The Balaban J connectivity index is 2.33. The largest absolute Gasteiger partial charge is 0.369 e. The number of anilines is 1. The molecule has 0 bridgehead atoms. The third-order valence-corrected chi connectivity index (χ3v) is 2.75. The standard InChI is InChI=1S/C10H15N5/c1-7-4-12-10(11)15(7)6-9-5-13-14(3)8(9)2/h4-5H,6H2,1-3H3,(H2,11,12). The molecule has 0 aliphatic heterocycles. The Kier molecular flexibility index (Phi) is 2.22. The second-order valence-electron chi connectivity index (χ2n) is 3.72. The molecule has 0 aromatic carbocycles. The third-order valence-electron chi connectivity index (χ3n) is 2.75. The molecule has 0 aliphatic carbocycles. The number of nitrogens with zero attached hydrogens (tertiary/aromatic N) is 4. The SMILES string of the molecule is Cc1c(Cn2c(C)cnc2N)cnn1C. The van der Waals surface area contributed by atoms with Crippen molar-refractivity contribution in [2.45, 2.75) is 20.4 Å². The van der Waals surface area contributed by atoms with Crippen LogP contribution < -0.4 is 5.73 Å². The smallest absolute Gasteiger partial charge is 0.200 e. The molecular weight excluding hydrogens is 190 g/mol. The van der Waals surface area contributed by atoms with Gasteiger partial charge in [-0.15, -0.1) is 0 Å². The molecule has 0 unspecified atom stereocenters. The van der Waals surface area contributed by atoms with Crippen LogP contribution in [0.4, 0.5) is 5.95 Å². The zero-order valence-electron chi connectivity index (χ0n) is 9.23. The molecule has 0 radical (unpaired) electrons. The quantitative estimate of drug-likeness (QED) is 0.791. The van der Waals surface area contributed by atoms with Crippen LogP contribution in [-0.4, -0.2) is 19.3 Å². The highest BCUT2D eigenvalue weighted by Gasteiger charge is 2.08. The number of hydrogen-bond donors (Lipinski definition) is 1. The zero-order chi connectivity index (χ0) is 11.0. The lowest BCUT2D eigenvalue weighted by Gasteiger charge is -2.06. The summed E-state index contributed by atoms with van der Waals surface area (Å²) in [6.45, 7) is 4.77. The van der Waals surface area contributed by atoms with Gasteiger partial charge in [0.1, 0.15) is 0 Å². The highest BCUT2D eigenvalue weighted by molar-refractivity contribution is 5.26. The van der Waals surface area contributed by atoms with Crippen LogP contribution in [0.3, 0.4) is 0 Å². The van der Waals surface area contributed by atoms with Crippen molar-refractivity contribution in [3.63, 3.8) is 0 Å². The Morgan fingerprint density at radius 3 is 2.53 bits per heavy atom. The van der Waals surface area contributed by atoms with Crippen LogP contribution >= 0.6 is 0 Å². The van der Waals surface area contributed by atoms with Crippen molar-refractivity contribution in [2.75, 3.05) is 5.73 Å². The van der Waals surface area contributed by atoms with Gasteiger partial charge in [0.05, 0.1) is 18.9 Å². The molecule has 15 heavy (non-hydrogen) atoms. The summed E-state index contributed by atoms with van der Waals surface area (Å²) in [6.07, 6.45) is 3.65. The minimum atomic E-state index is 0.552. The van der Waals surface area contributed by atoms with Crippen molar-refractivity contribution in [3.8, 4) is 0 Å². The lowest BCUT2D eigenvalue weighted by atomic mass is 10.2. The van der Waals surface area contributed by atoms with Crippen LogP contribution in [0.15, 0.2) is 12.4 Å². The van der Waals surface area contributed by atoms with E-state index in [9.17, 15) is 0 Å². The minimum Gasteiger partial charge on any atom is -0.369 e. The van der Waals surface area contributed by atoms with E-state index in [1.165, 1.54) is 5.56 Å². The predicted octanol–water partition coefficient (Wildman–Crippen LogP) is 0.864. The molecule has 0 aliphatic rings. The number of aromatic nitrogens is 4. The third kappa shape index (κ3) is 1.60. The van der Waals surface area contributed by atoms with Crippen molar-refractivity contribution in [3.05, 3.63) is 29.3 Å². The van der Waals surface area contributed by atoms with Crippen LogP contribution in [0.25, 0.3) is 0 Å². The van der Waals surface area contributed by atoms with Crippen LogP contribution in [0.2, 0.25) is 0 Å². The normalized spacial score (nSPS) is 10.9. The number of aryl methyl sites for hydroxylation is 2. The highest BCUT2D eigenvalue weighted by atomic mass is 15.3. The lowest BCUT2D eigenvalue weighted by Crippen LogP contribution is -2.07. The van der Waals surface area contributed by atoms with Crippen molar-refractivity contribution >= 4 is 5.95 Å². The summed E-state index contributed by atoms with van der Waals surface area (Å²) in [5, 5.41) is 4.20. The first-order chi connectivity index (χ1) is 7.09. The first-order valence-electron chi connectivity index (χ1n) is 4.84. The van der Waals surface area contributed by atoms with Crippen LogP contribution in [0.1, 0.15) is 17.0 Å². The molecule has 5 heteroatoms. The maximum atomic E-state index is 5.77. The summed E-state index contributed by atoms with van der Waals surface area (Å²) in [7, 11) is 1.93. The van der Waals surface area contributed by atoms with E-state index in [0.29, 0.717) is 5.95 Å². The first kappa shape index (κ1) is 9.76. The average molecular weight is 205 g/mol. The molecule has 2 rings (SSSR count). The molecule has 2 heterocycles. The van der Waals surface area contributed by atoms with Crippen molar-refractivity contribution in [1.29, 1.82) is 0 Å². The van der Waals surface area contributed by atoms with E-state index < -0.39 is 0 Å². The molecule has 0 saturated heterocycles. The van der Waals surface area contributed by atoms with E-state index in [1.54, 1.807) is 6.20 Å². The van der Waals surface area contributed by atoms with Gasteiger partial charge in [0.25, 0.3) is 0 Å². The van der Waals surface area contributed by atoms with Crippen molar-refractivity contribution < 1.29 is 0 Å². The molecule has 0 fully saturated rings. The maximum Gasteiger partial charge on any atom is 0.200 e. The highest BCUT2D eigenvalue weighted by Crippen LogP contribution is 2.13. The summed E-state index contributed by atoms with van der Waals surface area (Å²) in [4.78, 5) is 4.06. The second-order valence-corrected chi connectivity index (χ2v) is 3.72. The van der Waals surface area contributed by atoms with Gasteiger partial charge in [-0.2, -0.15) is 5.10 Å². The van der Waals surface area contributed by atoms with Gasteiger partial charge in [-0.1, -0.05) is 0 Å². The fourth-order valence-corrected chi connectivity index (χ4v) is 1.56. The fourth-order valence-electron chi connectivity index (χ4n) is 1.56. The molecule has 0 atom stereocenters. The average Bonchev–Trinajstić information content (AvgIpc) is 2.68. The fraction of sp³-hybridized carbons (Fsp3) is 0.400. The summed E-state index contributed by atoms with van der Waals surface area (Å²) in [6, 6.07) is 0. The first-order valence-corrected chi connectivity index (χ1v) is 4.84. The number of hydrogen-bond acceptors (Lipinski definition) is 3. The molecule has 0 amide bonds. The Morgan fingerprint density at radius 2 is 2.07 bits per heavy atom. The molecule has 2 aromatic rings. The molecule has 2 aromatic heterocycles. The molecule has 0 saturated carbocycles. The summed E-state index contributed by atoms with van der Waals surface area (Å²) in [5.41, 5.74) is 9.16. The minimum absolute atomic E-state index is 0.552. The van der Waals surface area contributed by atoms with E-state index in [4.69, 9.17) is 5.73 Å². The number of nitrogens with two attached hydrogens (primary N) is 1. The van der Waals surface area contributed by atoms with Gasteiger partial charge in [0.2, 0.25) is 5.95 Å². The summed E-state index contributed by atoms with van der Waals surface area (Å²) >= 11 is 0. The zero-order valence-corrected chi connectivity index (χ0v) is 9.23. The number of imidazole rings is 1. The van der Waals surface area contributed by atoms with Gasteiger partial charge in [0.15, 0.2) is 0 Å². The van der Waals surface area contributed by atoms with Gasteiger partial charge in [-0.3, -0.25) is 4.68 Å². The van der Waals surface area contributed by atoms with Crippen molar-refractivity contribution in [1.82, 2.24) is 19.3 Å². The lowest BCUT2D eigenvalue weighted by molar-refractivity contribution is 0.729. The van der Waals surface area contributed by atoms with Crippen LogP contribution in [0.5, 0.6) is 0 Å². The molecular formula is C10H15N5. The molecule has 80 valence electrons. The van der Waals surface area contributed by atoms with E-state index in [2.05, 4.69) is 10.1 Å². The van der Waals surface area contributed by atoms with E-state index >= 15 is 0 Å². The van der Waals surface area contributed by atoms with E-state index in [1.807, 2.05) is 36.3 Å². The van der Waals surface area contributed by atoms with Gasteiger partial charge in [-0.25, -0.2) is 4.98 Å². The van der Waals surface area contributed by atoms with Crippen LogP contribution in [0, 0.1) is 13.8 Å². The molecule has 0 spiro atoms. The Morgan fingerprint density at radius 1 is 1.33 bits per heavy atom. The summed E-state index contributed by atoms with van der Waals surface area (Å²) in [5.74, 6) is 0.552. The Hall–Kier alpha value is -1.78. The van der Waals surface area contributed by atoms with Gasteiger partial charge >= 0.3 is 0 Å². The molecule has 2 N–H and O–H groups in total. The predicted molar refractivity (Wildman–Crippen MR) is 58.4 cm³/mol. The van der Waals surface area contributed by atoms with E-state index in [-0.39, 0.29) is 0 Å². The Bertz CT molecular complexity index is 460.